The van der Waals surface area contributed by atoms with Gasteiger partial charge in [0.05, 0.1) is 0 Å². The third kappa shape index (κ3) is 5.04. The van der Waals surface area contributed by atoms with Crippen LogP contribution in [0.4, 0.5) is 0 Å². The highest BCUT2D eigenvalue weighted by molar-refractivity contribution is 5.84. The molecule has 5 heteroatoms. The van der Waals surface area contributed by atoms with Crippen LogP contribution >= 0.6 is 0 Å². The molecule has 2 N–H and O–H groups in total. The van der Waals surface area contributed by atoms with Crippen LogP contribution in [0.2, 0.25) is 0 Å². The highest BCUT2D eigenvalue weighted by Gasteiger charge is 2.25. The average Bonchev–Trinajstić information content (AvgIpc) is 2.62. The summed E-state index contributed by atoms with van der Waals surface area (Å²) in [4.78, 5) is 23.0. The van der Waals surface area contributed by atoms with Crippen LogP contribution in [0.1, 0.15) is 44.9 Å². The van der Waals surface area contributed by atoms with E-state index in [0.717, 1.165) is 25.7 Å². The van der Waals surface area contributed by atoms with Gasteiger partial charge in [-0.15, -0.1) is 0 Å². The first-order valence-corrected chi connectivity index (χ1v) is 6.67. The molecule has 1 rings (SSSR count). The standard InChI is InChI=1S/C13H23NO4/c1-18-9-8-11(13(16)17)14-12(15)10-6-4-2-3-5-7-10/h10-11H,2-9H2,1H3,(H,14,15)(H,16,17). The fourth-order valence-corrected chi connectivity index (χ4v) is 2.32. The zero-order valence-electron chi connectivity index (χ0n) is 11.0. The molecule has 5 nitrogen and oxygen atoms in total. The smallest absolute Gasteiger partial charge is 0.326 e. The Kier molecular flexibility index (Phi) is 6.72. The van der Waals surface area contributed by atoms with Gasteiger partial charge >= 0.3 is 5.97 Å². The van der Waals surface area contributed by atoms with Crippen molar-refractivity contribution < 1.29 is 19.4 Å². The van der Waals surface area contributed by atoms with Crippen molar-refractivity contribution in [1.82, 2.24) is 5.32 Å². The Balaban J connectivity index is 2.45. The lowest BCUT2D eigenvalue weighted by atomic mass is 9.99. The summed E-state index contributed by atoms with van der Waals surface area (Å²) >= 11 is 0. The molecule has 0 radical (unpaired) electrons. The molecule has 0 saturated heterocycles. The summed E-state index contributed by atoms with van der Waals surface area (Å²) in [6.07, 6.45) is 6.54. The molecule has 0 aliphatic heterocycles. The molecule has 0 aromatic carbocycles. The van der Waals surface area contributed by atoms with E-state index in [1.807, 2.05) is 0 Å². The molecule has 0 spiro atoms. The number of hydrogen-bond acceptors (Lipinski definition) is 3. The first-order chi connectivity index (χ1) is 8.65. The van der Waals surface area contributed by atoms with Crippen LogP contribution in [-0.4, -0.2) is 36.7 Å². The third-order valence-electron chi connectivity index (χ3n) is 3.45. The second-order valence-electron chi connectivity index (χ2n) is 4.87. The second kappa shape index (κ2) is 8.08. The number of aliphatic carboxylic acids is 1. The van der Waals surface area contributed by atoms with Crippen molar-refractivity contribution in [3.8, 4) is 0 Å². The van der Waals surface area contributed by atoms with E-state index in [9.17, 15) is 9.59 Å². The number of ether oxygens (including phenoxy) is 1. The highest BCUT2D eigenvalue weighted by Crippen LogP contribution is 2.23. The van der Waals surface area contributed by atoms with Gasteiger partial charge in [-0.2, -0.15) is 0 Å². The fourth-order valence-electron chi connectivity index (χ4n) is 2.32. The van der Waals surface area contributed by atoms with Crippen LogP contribution in [0.15, 0.2) is 0 Å². The predicted molar refractivity (Wildman–Crippen MR) is 67.3 cm³/mol. The summed E-state index contributed by atoms with van der Waals surface area (Å²) in [6.45, 7) is 0.335. The number of amides is 1. The summed E-state index contributed by atoms with van der Waals surface area (Å²) in [5.74, 6) is -1.12. The molecule has 1 atom stereocenters. The highest BCUT2D eigenvalue weighted by atomic mass is 16.5. The molecule has 0 aromatic rings. The topological polar surface area (TPSA) is 75.6 Å². The molecule has 0 heterocycles. The number of hydrogen-bond donors (Lipinski definition) is 2. The Morgan fingerprint density at radius 1 is 1.28 bits per heavy atom. The Morgan fingerprint density at radius 2 is 1.89 bits per heavy atom. The average molecular weight is 257 g/mol. The molecule has 1 aliphatic rings. The molecule has 104 valence electrons. The summed E-state index contributed by atoms with van der Waals surface area (Å²) in [7, 11) is 1.52. The van der Waals surface area contributed by atoms with Gasteiger partial charge < -0.3 is 15.2 Å². The zero-order valence-corrected chi connectivity index (χ0v) is 11.0. The summed E-state index contributed by atoms with van der Waals surface area (Å²) in [6, 6.07) is -0.833. The van der Waals surface area contributed by atoms with E-state index in [-0.39, 0.29) is 11.8 Å². The Bertz CT molecular complexity index is 272. The number of rotatable bonds is 6. The minimum Gasteiger partial charge on any atom is -0.480 e. The fraction of sp³-hybridized carbons (Fsp3) is 0.846. The van der Waals surface area contributed by atoms with E-state index in [1.165, 1.54) is 20.0 Å². The molecular weight excluding hydrogens is 234 g/mol. The molecule has 1 fully saturated rings. The first kappa shape index (κ1) is 15.0. The van der Waals surface area contributed by atoms with E-state index in [1.54, 1.807) is 0 Å². The number of carboxylic acid groups (broad SMARTS) is 1. The van der Waals surface area contributed by atoms with Crippen molar-refractivity contribution in [2.45, 2.75) is 51.0 Å². The van der Waals surface area contributed by atoms with Gasteiger partial charge in [-0.1, -0.05) is 25.7 Å². The largest absolute Gasteiger partial charge is 0.480 e. The van der Waals surface area contributed by atoms with Crippen LogP contribution in [0, 0.1) is 5.92 Å². The SMILES string of the molecule is COCCC(NC(=O)C1CCCCCC1)C(=O)O. The van der Waals surface area contributed by atoms with Gasteiger partial charge in [-0.3, -0.25) is 4.79 Å². The van der Waals surface area contributed by atoms with Gasteiger partial charge in [-0.25, -0.2) is 4.79 Å². The van der Waals surface area contributed by atoms with Gasteiger partial charge in [0, 0.05) is 26.1 Å². The maximum absolute atomic E-state index is 12.0. The minimum atomic E-state index is -0.992. The molecular formula is C13H23NO4. The van der Waals surface area contributed by atoms with Gasteiger partial charge in [-0.05, 0) is 12.8 Å². The summed E-state index contributed by atoms with van der Waals surface area (Å²) in [5.41, 5.74) is 0. The molecule has 1 saturated carbocycles. The Morgan fingerprint density at radius 3 is 2.39 bits per heavy atom. The first-order valence-electron chi connectivity index (χ1n) is 6.67. The van der Waals surface area contributed by atoms with Crippen molar-refractivity contribution in [3.05, 3.63) is 0 Å². The predicted octanol–water partition coefficient (Wildman–Crippen LogP) is 1.56. The van der Waals surface area contributed by atoms with Gasteiger partial charge in [0.2, 0.25) is 5.91 Å². The second-order valence-corrected chi connectivity index (χ2v) is 4.87. The molecule has 0 aromatic heterocycles. The van der Waals surface area contributed by atoms with Crippen LogP contribution in [0.3, 0.4) is 0 Å². The van der Waals surface area contributed by atoms with E-state index >= 15 is 0 Å². The quantitative estimate of drug-likeness (QED) is 0.708. The summed E-state index contributed by atoms with van der Waals surface area (Å²) < 4.78 is 4.85. The molecule has 1 aliphatic carbocycles. The van der Waals surface area contributed by atoms with E-state index < -0.39 is 12.0 Å². The molecule has 1 amide bonds. The Labute approximate surface area is 108 Å². The van der Waals surface area contributed by atoms with Crippen LogP contribution in [0.5, 0.6) is 0 Å². The van der Waals surface area contributed by atoms with Crippen molar-refractivity contribution in [2.75, 3.05) is 13.7 Å². The van der Waals surface area contributed by atoms with E-state index in [4.69, 9.17) is 9.84 Å². The lowest BCUT2D eigenvalue weighted by Gasteiger charge is -2.18. The molecule has 18 heavy (non-hydrogen) atoms. The zero-order chi connectivity index (χ0) is 13.4. The van der Waals surface area contributed by atoms with Crippen molar-refractivity contribution in [2.24, 2.45) is 5.92 Å². The third-order valence-corrected chi connectivity index (χ3v) is 3.45. The number of carboxylic acids is 1. The van der Waals surface area contributed by atoms with Gasteiger partial charge in [0.15, 0.2) is 0 Å². The molecule has 0 bridgehead atoms. The van der Waals surface area contributed by atoms with E-state index in [0.29, 0.717) is 13.0 Å². The monoisotopic (exact) mass is 257 g/mol. The van der Waals surface area contributed by atoms with Crippen molar-refractivity contribution in [3.63, 3.8) is 0 Å². The van der Waals surface area contributed by atoms with Crippen molar-refractivity contribution in [1.29, 1.82) is 0 Å². The van der Waals surface area contributed by atoms with Crippen LogP contribution in [-0.2, 0) is 14.3 Å². The lowest BCUT2D eigenvalue weighted by Crippen LogP contribution is -2.44. The normalized spacial score (nSPS) is 18.9. The maximum atomic E-state index is 12.0. The summed E-state index contributed by atoms with van der Waals surface area (Å²) in [5, 5.41) is 11.7. The van der Waals surface area contributed by atoms with Gasteiger partial charge in [0.1, 0.15) is 6.04 Å². The van der Waals surface area contributed by atoms with Gasteiger partial charge in [0.25, 0.3) is 0 Å². The Hall–Kier alpha value is -1.10. The number of nitrogens with one attached hydrogen (secondary N) is 1. The number of carbonyl (C=O) groups is 2. The van der Waals surface area contributed by atoms with Crippen LogP contribution < -0.4 is 5.32 Å². The lowest BCUT2D eigenvalue weighted by molar-refractivity contribution is -0.143. The van der Waals surface area contributed by atoms with E-state index in [2.05, 4.69) is 5.32 Å². The molecule has 1 unspecified atom stereocenters. The maximum Gasteiger partial charge on any atom is 0.326 e. The number of methoxy groups -OCH3 is 1. The van der Waals surface area contributed by atoms with Crippen LogP contribution in [0.25, 0.3) is 0 Å². The minimum absolute atomic E-state index is 0.0168. The number of carbonyl (C=O) groups excluding carboxylic acids is 1. The van der Waals surface area contributed by atoms with Crippen molar-refractivity contribution >= 4 is 11.9 Å².